The molecule has 0 unspecified atom stereocenters. The topological polar surface area (TPSA) is 38.2 Å². The van der Waals surface area contributed by atoms with Crippen LogP contribution >= 0.6 is 0 Å². The van der Waals surface area contributed by atoms with Crippen molar-refractivity contribution in [2.45, 2.75) is 0 Å². The van der Waals surface area contributed by atoms with Crippen molar-refractivity contribution in [2.24, 2.45) is 5.41 Å². The first kappa shape index (κ1) is 7.26. The standard InChI is InChI=1S/C9H11N3O/c1-2-10-8(11-3-1)12-4-9(5-12)6-13-7-9/h1-3H,4-7H2. The minimum atomic E-state index is 0.444. The fourth-order valence-corrected chi connectivity index (χ4v) is 1.93. The van der Waals surface area contributed by atoms with Gasteiger partial charge in [0, 0.05) is 25.5 Å². The number of rotatable bonds is 1. The first-order valence-electron chi connectivity index (χ1n) is 4.48. The lowest BCUT2D eigenvalue weighted by molar-refractivity contribution is -0.127. The molecular formula is C9H11N3O. The summed E-state index contributed by atoms with van der Waals surface area (Å²) in [4.78, 5) is 10.6. The van der Waals surface area contributed by atoms with Gasteiger partial charge in [0.1, 0.15) is 0 Å². The third-order valence-corrected chi connectivity index (χ3v) is 2.70. The van der Waals surface area contributed by atoms with Crippen molar-refractivity contribution in [3.8, 4) is 0 Å². The van der Waals surface area contributed by atoms with Crippen molar-refractivity contribution < 1.29 is 4.74 Å². The van der Waals surface area contributed by atoms with E-state index in [1.165, 1.54) is 0 Å². The Balaban J connectivity index is 1.71. The molecule has 3 rings (SSSR count). The highest BCUT2D eigenvalue weighted by molar-refractivity contribution is 5.36. The molecule has 0 aromatic carbocycles. The molecule has 2 aliphatic rings. The van der Waals surface area contributed by atoms with Gasteiger partial charge in [-0.05, 0) is 6.07 Å². The van der Waals surface area contributed by atoms with E-state index in [4.69, 9.17) is 4.74 Å². The van der Waals surface area contributed by atoms with Crippen LogP contribution in [-0.4, -0.2) is 36.3 Å². The summed E-state index contributed by atoms with van der Waals surface area (Å²) in [6.07, 6.45) is 3.56. The zero-order valence-electron chi connectivity index (χ0n) is 7.31. The van der Waals surface area contributed by atoms with Crippen LogP contribution in [0.5, 0.6) is 0 Å². The van der Waals surface area contributed by atoms with Crippen LogP contribution in [0, 0.1) is 5.41 Å². The summed E-state index contributed by atoms with van der Waals surface area (Å²) in [5.74, 6) is 0.847. The molecule has 2 saturated heterocycles. The number of hydrogen-bond acceptors (Lipinski definition) is 4. The maximum absolute atomic E-state index is 5.20. The van der Waals surface area contributed by atoms with E-state index >= 15 is 0 Å². The van der Waals surface area contributed by atoms with Crippen molar-refractivity contribution in [3.05, 3.63) is 18.5 Å². The summed E-state index contributed by atoms with van der Waals surface area (Å²) >= 11 is 0. The summed E-state index contributed by atoms with van der Waals surface area (Å²) in [7, 11) is 0. The van der Waals surface area contributed by atoms with Crippen LogP contribution in [-0.2, 0) is 4.74 Å². The predicted molar refractivity (Wildman–Crippen MR) is 47.5 cm³/mol. The fourth-order valence-electron chi connectivity index (χ4n) is 1.93. The maximum Gasteiger partial charge on any atom is 0.225 e. The molecule has 4 heteroatoms. The van der Waals surface area contributed by atoms with Gasteiger partial charge < -0.3 is 9.64 Å². The number of nitrogens with zero attached hydrogens (tertiary/aromatic N) is 3. The van der Waals surface area contributed by atoms with E-state index in [1.807, 2.05) is 6.07 Å². The van der Waals surface area contributed by atoms with E-state index < -0.39 is 0 Å². The number of ether oxygens (including phenoxy) is 1. The average molecular weight is 177 g/mol. The molecule has 2 fully saturated rings. The summed E-state index contributed by atoms with van der Waals surface area (Å²) < 4.78 is 5.20. The zero-order valence-corrected chi connectivity index (χ0v) is 7.31. The van der Waals surface area contributed by atoms with Crippen molar-refractivity contribution in [2.75, 3.05) is 31.2 Å². The van der Waals surface area contributed by atoms with Gasteiger partial charge in [-0.2, -0.15) is 0 Å². The predicted octanol–water partition coefficient (Wildman–Crippen LogP) is 0.313. The zero-order chi connectivity index (χ0) is 8.73. The maximum atomic E-state index is 5.20. The number of hydrogen-bond donors (Lipinski definition) is 0. The Labute approximate surface area is 76.6 Å². The van der Waals surface area contributed by atoms with E-state index in [0.717, 1.165) is 32.3 Å². The molecule has 0 saturated carbocycles. The Hall–Kier alpha value is -1.16. The Morgan fingerprint density at radius 1 is 1.23 bits per heavy atom. The highest BCUT2D eigenvalue weighted by atomic mass is 16.5. The van der Waals surface area contributed by atoms with Crippen LogP contribution in [0.2, 0.25) is 0 Å². The number of aromatic nitrogens is 2. The lowest BCUT2D eigenvalue weighted by atomic mass is 9.78. The van der Waals surface area contributed by atoms with Gasteiger partial charge in [0.05, 0.1) is 18.6 Å². The SMILES string of the molecule is c1cnc(N2CC3(COC3)C2)nc1. The molecule has 0 amide bonds. The third kappa shape index (κ3) is 1.02. The molecule has 68 valence electrons. The van der Waals surface area contributed by atoms with Gasteiger partial charge in [0.15, 0.2) is 0 Å². The molecule has 4 nitrogen and oxygen atoms in total. The van der Waals surface area contributed by atoms with E-state index in [-0.39, 0.29) is 0 Å². The van der Waals surface area contributed by atoms with Gasteiger partial charge in [-0.15, -0.1) is 0 Å². The molecule has 3 heterocycles. The second-order valence-corrected chi connectivity index (χ2v) is 3.90. The minimum Gasteiger partial charge on any atom is -0.380 e. The molecule has 1 aromatic heterocycles. The Kier molecular flexibility index (Phi) is 1.35. The average Bonchev–Trinajstić information content (AvgIpc) is 2.01. The van der Waals surface area contributed by atoms with Crippen LogP contribution in [0.3, 0.4) is 0 Å². The van der Waals surface area contributed by atoms with Gasteiger partial charge in [0.2, 0.25) is 5.95 Å². The summed E-state index contributed by atoms with van der Waals surface area (Å²) in [5.41, 5.74) is 0.444. The second kappa shape index (κ2) is 2.42. The van der Waals surface area contributed by atoms with Crippen molar-refractivity contribution in [3.63, 3.8) is 0 Å². The van der Waals surface area contributed by atoms with E-state index in [9.17, 15) is 0 Å². The summed E-state index contributed by atoms with van der Waals surface area (Å²) in [5, 5.41) is 0. The van der Waals surface area contributed by atoms with Crippen LogP contribution < -0.4 is 4.90 Å². The molecule has 1 spiro atoms. The van der Waals surface area contributed by atoms with Crippen LogP contribution in [0.15, 0.2) is 18.5 Å². The molecule has 0 bridgehead atoms. The monoisotopic (exact) mass is 177 g/mol. The molecule has 0 atom stereocenters. The van der Waals surface area contributed by atoms with Gasteiger partial charge in [0.25, 0.3) is 0 Å². The molecule has 0 aliphatic carbocycles. The van der Waals surface area contributed by atoms with Gasteiger partial charge in [-0.3, -0.25) is 0 Å². The third-order valence-electron chi connectivity index (χ3n) is 2.70. The van der Waals surface area contributed by atoms with Gasteiger partial charge >= 0.3 is 0 Å². The lowest BCUT2D eigenvalue weighted by Crippen LogP contribution is -2.66. The Bertz CT molecular complexity index is 302. The normalized spacial score (nSPS) is 23.8. The van der Waals surface area contributed by atoms with Crippen LogP contribution in [0.4, 0.5) is 5.95 Å². The molecule has 0 radical (unpaired) electrons. The summed E-state index contributed by atoms with van der Waals surface area (Å²) in [6.45, 7) is 3.93. The highest BCUT2D eigenvalue weighted by Crippen LogP contribution is 2.38. The van der Waals surface area contributed by atoms with Crippen molar-refractivity contribution >= 4 is 5.95 Å². The first-order valence-corrected chi connectivity index (χ1v) is 4.48. The molecule has 2 aliphatic heterocycles. The van der Waals surface area contributed by atoms with Crippen LogP contribution in [0.1, 0.15) is 0 Å². The highest BCUT2D eigenvalue weighted by Gasteiger charge is 2.49. The Morgan fingerprint density at radius 3 is 2.46 bits per heavy atom. The quantitative estimate of drug-likeness (QED) is 0.619. The van der Waals surface area contributed by atoms with E-state index in [1.54, 1.807) is 12.4 Å². The largest absolute Gasteiger partial charge is 0.380 e. The molecular weight excluding hydrogens is 166 g/mol. The number of anilines is 1. The second-order valence-electron chi connectivity index (χ2n) is 3.90. The van der Waals surface area contributed by atoms with Crippen LogP contribution in [0.25, 0.3) is 0 Å². The molecule has 0 N–H and O–H groups in total. The van der Waals surface area contributed by atoms with E-state index in [2.05, 4.69) is 14.9 Å². The molecule has 13 heavy (non-hydrogen) atoms. The van der Waals surface area contributed by atoms with Crippen molar-refractivity contribution in [1.82, 2.24) is 9.97 Å². The lowest BCUT2D eigenvalue weighted by Gasteiger charge is -2.54. The Morgan fingerprint density at radius 2 is 1.92 bits per heavy atom. The van der Waals surface area contributed by atoms with Crippen molar-refractivity contribution in [1.29, 1.82) is 0 Å². The minimum absolute atomic E-state index is 0.444. The molecule has 1 aromatic rings. The first-order chi connectivity index (χ1) is 6.38. The van der Waals surface area contributed by atoms with Gasteiger partial charge in [-0.25, -0.2) is 9.97 Å². The smallest absolute Gasteiger partial charge is 0.225 e. The summed E-state index contributed by atoms with van der Waals surface area (Å²) in [6, 6.07) is 1.84. The van der Waals surface area contributed by atoms with E-state index in [0.29, 0.717) is 5.41 Å². The fraction of sp³-hybridized carbons (Fsp3) is 0.556. The van der Waals surface area contributed by atoms with Gasteiger partial charge in [-0.1, -0.05) is 0 Å².